The molecule has 0 fully saturated rings. The molecule has 2 aromatic carbocycles. The zero-order chi connectivity index (χ0) is 13.6. The molecule has 0 atom stereocenters. The number of H-pyrrole nitrogens is 1. The maximum absolute atomic E-state index is 13.7. The average Bonchev–Trinajstić information content (AvgIpc) is 2.65. The van der Waals surface area contributed by atoms with E-state index >= 15 is 0 Å². The van der Waals surface area contributed by atoms with E-state index in [0.29, 0.717) is 9.24 Å². The summed E-state index contributed by atoms with van der Waals surface area (Å²) >= 11 is 10.7. The van der Waals surface area contributed by atoms with Crippen LogP contribution in [0.4, 0.5) is 4.39 Å². The van der Waals surface area contributed by atoms with Crippen LogP contribution in [0.3, 0.4) is 0 Å². The van der Waals surface area contributed by atoms with Crippen molar-refractivity contribution in [1.29, 1.82) is 0 Å². The molecule has 0 aliphatic rings. The number of nitrogens with one attached hydrogen (secondary N) is 1. The van der Waals surface area contributed by atoms with Crippen LogP contribution in [0, 0.1) is 14.2 Å². The maximum atomic E-state index is 13.7. The summed E-state index contributed by atoms with van der Waals surface area (Å²) in [5, 5.41) is 0. The van der Waals surface area contributed by atoms with Crippen molar-refractivity contribution in [3.05, 3.63) is 55.0 Å². The van der Waals surface area contributed by atoms with E-state index in [2.05, 4.69) is 43.5 Å². The smallest absolute Gasteiger partial charge is 0.182 e. The van der Waals surface area contributed by atoms with E-state index in [4.69, 9.17) is 12.2 Å². The summed E-state index contributed by atoms with van der Waals surface area (Å²) in [5.74, 6) is -0.305. The van der Waals surface area contributed by atoms with Crippen molar-refractivity contribution < 1.29 is 4.39 Å². The zero-order valence-corrected chi connectivity index (χ0v) is 14.0. The minimum atomic E-state index is -0.305. The van der Waals surface area contributed by atoms with Crippen LogP contribution in [0.1, 0.15) is 0 Å². The number of hydrogen-bond acceptors (Lipinski definition) is 1. The van der Waals surface area contributed by atoms with Gasteiger partial charge in [0, 0.05) is 15.3 Å². The Morgan fingerprint density at radius 1 is 1.26 bits per heavy atom. The lowest BCUT2D eigenvalue weighted by Crippen LogP contribution is -1.94. The van der Waals surface area contributed by atoms with Crippen molar-refractivity contribution in [3.8, 4) is 5.69 Å². The summed E-state index contributed by atoms with van der Waals surface area (Å²) in [5.41, 5.74) is 2.45. The minimum absolute atomic E-state index is 0.305. The number of imidazole rings is 1. The Bertz CT molecular complexity index is 840. The van der Waals surface area contributed by atoms with Crippen LogP contribution in [0.25, 0.3) is 16.7 Å². The van der Waals surface area contributed by atoms with Gasteiger partial charge in [0.05, 0.1) is 15.5 Å². The van der Waals surface area contributed by atoms with Gasteiger partial charge >= 0.3 is 0 Å². The van der Waals surface area contributed by atoms with E-state index in [-0.39, 0.29) is 5.82 Å². The van der Waals surface area contributed by atoms with Crippen LogP contribution < -0.4 is 0 Å². The van der Waals surface area contributed by atoms with Gasteiger partial charge in [0.25, 0.3) is 0 Å². The van der Waals surface area contributed by atoms with Crippen LogP contribution in [-0.4, -0.2) is 9.55 Å². The van der Waals surface area contributed by atoms with Gasteiger partial charge in [0.2, 0.25) is 0 Å². The average molecular weight is 449 g/mol. The summed E-state index contributed by atoms with van der Waals surface area (Å²) in [6.45, 7) is 0. The maximum Gasteiger partial charge on any atom is 0.182 e. The van der Waals surface area contributed by atoms with Gasteiger partial charge in [-0.25, -0.2) is 4.39 Å². The molecule has 3 aromatic rings. The van der Waals surface area contributed by atoms with E-state index < -0.39 is 0 Å². The third-order valence-electron chi connectivity index (χ3n) is 2.79. The van der Waals surface area contributed by atoms with Gasteiger partial charge in [-0.05, 0) is 75.0 Å². The molecule has 19 heavy (non-hydrogen) atoms. The molecular formula is C13H7BrFIN2S. The Balaban J connectivity index is 2.38. The van der Waals surface area contributed by atoms with Gasteiger partial charge in [-0.1, -0.05) is 6.07 Å². The quantitative estimate of drug-likeness (QED) is 0.401. The van der Waals surface area contributed by atoms with Crippen molar-refractivity contribution >= 4 is 61.8 Å². The van der Waals surface area contributed by atoms with E-state index in [1.54, 1.807) is 6.07 Å². The van der Waals surface area contributed by atoms with Crippen LogP contribution in [0.5, 0.6) is 0 Å². The second-order valence-electron chi connectivity index (χ2n) is 4.03. The molecule has 2 nitrogen and oxygen atoms in total. The number of aromatic nitrogens is 2. The predicted molar refractivity (Wildman–Crippen MR) is 88.8 cm³/mol. The largest absolute Gasteiger partial charge is 0.330 e. The normalized spacial score (nSPS) is 11.1. The first-order valence-corrected chi connectivity index (χ1v) is 7.70. The lowest BCUT2D eigenvalue weighted by molar-refractivity contribution is 0.622. The predicted octanol–water partition coefficient (Wildman–Crippen LogP) is 5.19. The van der Waals surface area contributed by atoms with Crippen molar-refractivity contribution in [2.24, 2.45) is 0 Å². The number of aromatic amines is 1. The molecule has 0 aliphatic heterocycles. The molecule has 1 N–H and O–H groups in total. The molecule has 96 valence electrons. The van der Waals surface area contributed by atoms with E-state index in [1.165, 1.54) is 6.07 Å². The van der Waals surface area contributed by atoms with Gasteiger partial charge < -0.3 is 4.98 Å². The number of fused-ring (bicyclic) bond motifs is 1. The first-order chi connectivity index (χ1) is 9.06. The van der Waals surface area contributed by atoms with Crippen LogP contribution in [0.15, 0.2) is 40.9 Å². The number of halogens is 3. The monoisotopic (exact) mass is 448 g/mol. The van der Waals surface area contributed by atoms with E-state index in [9.17, 15) is 4.39 Å². The highest BCUT2D eigenvalue weighted by Gasteiger charge is 2.10. The number of hydrogen-bond donors (Lipinski definition) is 1. The Morgan fingerprint density at radius 2 is 2.05 bits per heavy atom. The van der Waals surface area contributed by atoms with Gasteiger partial charge in [-0.2, -0.15) is 0 Å². The number of rotatable bonds is 1. The van der Waals surface area contributed by atoms with Crippen molar-refractivity contribution in [2.75, 3.05) is 0 Å². The van der Waals surface area contributed by atoms with Crippen molar-refractivity contribution in [2.45, 2.75) is 0 Å². The van der Waals surface area contributed by atoms with Gasteiger partial charge in [-0.15, -0.1) is 0 Å². The molecule has 3 rings (SSSR count). The molecule has 0 saturated heterocycles. The topological polar surface area (TPSA) is 20.7 Å². The summed E-state index contributed by atoms with van der Waals surface area (Å²) in [6.07, 6.45) is 0. The molecule has 1 aromatic heterocycles. The highest BCUT2D eigenvalue weighted by molar-refractivity contribution is 14.1. The Kier molecular flexibility index (Phi) is 3.48. The fourth-order valence-electron chi connectivity index (χ4n) is 1.97. The summed E-state index contributed by atoms with van der Waals surface area (Å²) in [4.78, 5) is 3.09. The van der Waals surface area contributed by atoms with Crippen LogP contribution >= 0.6 is 50.7 Å². The Hall–Kier alpha value is -0.730. The third-order valence-corrected chi connectivity index (χ3v) is 4.35. The fraction of sp³-hybridized carbons (Fsp3) is 0. The van der Waals surface area contributed by atoms with Gasteiger partial charge in [-0.3, -0.25) is 4.57 Å². The fourth-order valence-corrected chi connectivity index (χ4v) is 3.16. The lowest BCUT2D eigenvalue weighted by Gasteiger charge is -2.05. The summed E-state index contributed by atoms with van der Waals surface area (Å²) < 4.78 is 17.6. The van der Waals surface area contributed by atoms with Crippen LogP contribution in [-0.2, 0) is 0 Å². The molecular weight excluding hydrogens is 442 g/mol. The Labute approximate surface area is 135 Å². The SMILES string of the molecule is Fc1cc2c(cc1Br)[nH]c(=S)n2-c1cccc(I)c1. The third kappa shape index (κ3) is 2.36. The molecule has 0 aliphatic carbocycles. The standard InChI is InChI=1S/C13H7BrFIN2S/c14-9-5-11-12(6-10(9)15)18(13(19)17-11)8-3-1-2-7(16)4-8/h1-6H,(H,17,19). The lowest BCUT2D eigenvalue weighted by atomic mass is 10.2. The zero-order valence-electron chi connectivity index (χ0n) is 9.45. The molecule has 0 unspecified atom stereocenters. The summed E-state index contributed by atoms with van der Waals surface area (Å²) in [6, 6.07) is 11.1. The highest BCUT2D eigenvalue weighted by Crippen LogP contribution is 2.26. The Morgan fingerprint density at radius 3 is 2.79 bits per heavy atom. The highest BCUT2D eigenvalue weighted by atomic mass is 127. The summed E-state index contributed by atoms with van der Waals surface area (Å²) in [7, 11) is 0. The second-order valence-corrected chi connectivity index (χ2v) is 6.52. The minimum Gasteiger partial charge on any atom is -0.330 e. The molecule has 1 heterocycles. The van der Waals surface area contributed by atoms with Gasteiger partial charge in [0.1, 0.15) is 5.82 Å². The van der Waals surface area contributed by atoms with Crippen molar-refractivity contribution in [1.82, 2.24) is 9.55 Å². The first-order valence-electron chi connectivity index (χ1n) is 5.42. The first kappa shape index (κ1) is 13.3. The molecule has 0 radical (unpaired) electrons. The molecule has 6 heteroatoms. The van der Waals surface area contributed by atoms with E-state index in [1.807, 2.05) is 28.8 Å². The molecule has 0 amide bonds. The van der Waals surface area contributed by atoms with E-state index in [0.717, 1.165) is 20.3 Å². The van der Waals surface area contributed by atoms with Gasteiger partial charge in [0.15, 0.2) is 4.77 Å². The number of benzene rings is 2. The second kappa shape index (κ2) is 4.99. The molecule has 0 bridgehead atoms. The van der Waals surface area contributed by atoms with Crippen molar-refractivity contribution in [3.63, 3.8) is 0 Å². The van der Waals surface area contributed by atoms with Crippen LogP contribution in [0.2, 0.25) is 0 Å². The molecule has 0 saturated carbocycles. The number of nitrogens with zero attached hydrogens (tertiary/aromatic N) is 1. The molecule has 0 spiro atoms.